The highest BCUT2D eigenvalue weighted by Crippen LogP contribution is 2.31. The Morgan fingerprint density at radius 1 is 0.921 bits per heavy atom. The van der Waals surface area contributed by atoms with Crippen molar-refractivity contribution in [1.82, 2.24) is 21.3 Å². The minimum Gasteiger partial charge on any atom is -0.502 e. The molecule has 1 aliphatic heterocycles. The number of ether oxygens (including phenoxy) is 1. The Morgan fingerprint density at radius 3 is 2.05 bits per heavy atom. The highest BCUT2D eigenvalue weighted by molar-refractivity contribution is 7.80. The van der Waals surface area contributed by atoms with Crippen molar-refractivity contribution in [1.29, 1.82) is 0 Å². The SMILES string of the molecule is CC(C)(CCNC(=S)NCCCNC(=S)NCCC(C)(C)C1OC=C(O)C(=O)C1=O)c1cc(=O)c(O)co1. The summed E-state index contributed by atoms with van der Waals surface area (Å²) in [6.07, 6.45) is 2.92. The molecule has 2 heterocycles. The highest BCUT2D eigenvalue weighted by atomic mass is 32.1. The van der Waals surface area contributed by atoms with E-state index in [1.807, 2.05) is 27.7 Å². The lowest BCUT2D eigenvalue weighted by atomic mass is 9.79. The number of Topliss-reactive ketones (excluding diaryl/α,β-unsaturated/α-hetero) is 2. The van der Waals surface area contributed by atoms with Crippen molar-refractivity contribution in [2.24, 2.45) is 5.41 Å². The molecule has 0 spiro atoms. The van der Waals surface area contributed by atoms with Crippen LogP contribution in [-0.4, -0.2) is 64.3 Å². The molecule has 210 valence electrons. The molecule has 1 aromatic heterocycles. The van der Waals surface area contributed by atoms with E-state index in [1.54, 1.807) is 0 Å². The predicted molar refractivity (Wildman–Crippen MR) is 150 cm³/mol. The maximum atomic E-state index is 12.1. The van der Waals surface area contributed by atoms with E-state index in [-0.39, 0.29) is 0 Å². The van der Waals surface area contributed by atoms with Gasteiger partial charge in [-0.3, -0.25) is 14.4 Å². The second-order valence-corrected chi connectivity index (χ2v) is 11.1. The molecular weight excluding hydrogens is 532 g/mol. The molecule has 0 saturated heterocycles. The van der Waals surface area contributed by atoms with Gasteiger partial charge in [0.1, 0.15) is 18.3 Å². The molecule has 0 fully saturated rings. The van der Waals surface area contributed by atoms with Crippen LogP contribution in [0.25, 0.3) is 0 Å². The third kappa shape index (κ3) is 8.98. The number of allylic oxidation sites excluding steroid dienone is 1. The number of hydrogen-bond donors (Lipinski definition) is 6. The van der Waals surface area contributed by atoms with Crippen molar-refractivity contribution in [3.8, 4) is 5.75 Å². The van der Waals surface area contributed by atoms with E-state index in [1.165, 1.54) is 6.07 Å². The molecule has 0 saturated carbocycles. The largest absolute Gasteiger partial charge is 0.502 e. The summed E-state index contributed by atoms with van der Waals surface area (Å²) >= 11 is 10.6. The van der Waals surface area contributed by atoms with Crippen molar-refractivity contribution >= 4 is 46.2 Å². The van der Waals surface area contributed by atoms with Crippen LogP contribution in [0.1, 0.15) is 52.7 Å². The van der Waals surface area contributed by atoms with Crippen LogP contribution in [0.15, 0.2) is 33.6 Å². The first-order valence-corrected chi connectivity index (χ1v) is 13.0. The first kappa shape index (κ1) is 31.0. The summed E-state index contributed by atoms with van der Waals surface area (Å²) in [5.41, 5.74) is -1.54. The first-order chi connectivity index (χ1) is 17.7. The van der Waals surface area contributed by atoms with E-state index < -0.39 is 45.4 Å². The summed E-state index contributed by atoms with van der Waals surface area (Å²) < 4.78 is 10.6. The summed E-state index contributed by atoms with van der Waals surface area (Å²) in [6.45, 7) is 9.77. The average molecular weight is 569 g/mol. The first-order valence-electron chi connectivity index (χ1n) is 12.2. The zero-order valence-electron chi connectivity index (χ0n) is 22.0. The molecule has 13 heteroatoms. The van der Waals surface area contributed by atoms with Gasteiger partial charge in [0.2, 0.25) is 17.0 Å². The number of hydrogen-bond acceptors (Lipinski definition) is 9. The molecule has 0 bridgehead atoms. The van der Waals surface area contributed by atoms with Gasteiger partial charge in [-0.25, -0.2) is 0 Å². The second kappa shape index (κ2) is 13.6. The Kier molecular flexibility index (Phi) is 11.1. The zero-order chi connectivity index (χ0) is 28.5. The molecular formula is C25H36N4O7S2. The van der Waals surface area contributed by atoms with Crippen LogP contribution >= 0.6 is 24.4 Å². The van der Waals surface area contributed by atoms with Gasteiger partial charge in [0.05, 0.1) is 0 Å². The summed E-state index contributed by atoms with van der Waals surface area (Å²) in [5, 5.41) is 32.1. The molecule has 1 aliphatic rings. The Hall–Kier alpha value is -3.19. The molecule has 0 amide bonds. The maximum Gasteiger partial charge on any atom is 0.270 e. The van der Waals surface area contributed by atoms with Gasteiger partial charge >= 0.3 is 0 Å². The maximum absolute atomic E-state index is 12.1. The molecule has 11 nitrogen and oxygen atoms in total. The van der Waals surface area contributed by atoms with Crippen LogP contribution in [0.4, 0.5) is 0 Å². The van der Waals surface area contributed by atoms with E-state index in [2.05, 4.69) is 21.3 Å². The highest BCUT2D eigenvalue weighted by Gasteiger charge is 2.43. The monoisotopic (exact) mass is 568 g/mol. The third-order valence-electron chi connectivity index (χ3n) is 6.21. The number of aliphatic hydroxyl groups is 1. The number of ketones is 2. The van der Waals surface area contributed by atoms with Gasteiger partial charge in [0.15, 0.2) is 22.1 Å². The number of rotatable bonds is 12. The molecule has 1 unspecified atom stereocenters. The van der Waals surface area contributed by atoms with Crippen LogP contribution in [0, 0.1) is 5.41 Å². The Labute approximate surface area is 232 Å². The minimum atomic E-state index is -0.961. The topological polar surface area (TPSA) is 162 Å². The molecule has 38 heavy (non-hydrogen) atoms. The van der Waals surface area contributed by atoms with Crippen molar-refractivity contribution in [2.75, 3.05) is 26.2 Å². The average Bonchev–Trinajstić information content (AvgIpc) is 2.83. The van der Waals surface area contributed by atoms with Crippen LogP contribution < -0.4 is 26.7 Å². The molecule has 2 rings (SSSR count). The lowest BCUT2D eigenvalue weighted by Gasteiger charge is -2.33. The van der Waals surface area contributed by atoms with Gasteiger partial charge in [0, 0.05) is 43.1 Å². The minimum absolute atomic E-state index is 0.412. The zero-order valence-corrected chi connectivity index (χ0v) is 23.6. The summed E-state index contributed by atoms with van der Waals surface area (Å²) in [4.78, 5) is 35.5. The Balaban J connectivity index is 1.58. The quantitative estimate of drug-likeness (QED) is 0.123. The van der Waals surface area contributed by atoms with E-state index in [9.17, 15) is 24.6 Å². The number of carbonyl (C=O) groups excluding carboxylic acids is 2. The van der Waals surface area contributed by atoms with Gasteiger partial charge in [-0.05, 0) is 43.7 Å². The lowest BCUT2D eigenvalue weighted by molar-refractivity contribution is -0.148. The fourth-order valence-electron chi connectivity index (χ4n) is 3.65. The molecule has 0 radical (unpaired) electrons. The molecule has 0 aliphatic carbocycles. The predicted octanol–water partition coefficient (Wildman–Crippen LogP) is 1.68. The lowest BCUT2D eigenvalue weighted by Crippen LogP contribution is -2.46. The van der Waals surface area contributed by atoms with Crippen molar-refractivity contribution in [3.63, 3.8) is 0 Å². The van der Waals surface area contributed by atoms with Crippen molar-refractivity contribution in [2.45, 2.75) is 58.5 Å². The van der Waals surface area contributed by atoms with Crippen LogP contribution in [0.5, 0.6) is 5.75 Å². The third-order valence-corrected chi connectivity index (χ3v) is 6.79. The number of aromatic hydroxyl groups is 1. The number of thiocarbonyl (C=S) groups is 2. The van der Waals surface area contributed by atoms with Gasteiger partial charge in [-0.2, -0.15) is 0 Å². The summed E-state index contributed by atoms with van der Waals surface area (Å²) in [5.74, 6) is -2.30. The Morgan fingerprint density at radius 2 is 1.47 bits per heavy atom. The summed E-state index contributed by atoms with van der Waals surface area (Å²) in [6, 6.07) is 1.30. The molecule has 6 N–H and O–H groups in total. The number of aliphatic hydroxyl groups excluding tert-OH is 1. The number of nitrogens with one attached hydrogen (secondary N) is 4. The van der Waals surface area contributed by atoms with Crippen LogP contribution in [0.2, 0.25) is 0 Å². The van der Waals surface area contributed by atoms with E-state index >= 15 is 0 Å². The van der Waals surface area contributed by atoms with Gasteiger partial charge < -0.3 is 40.6 Å². The normalized spacial score (nSPS) is 15.8. The van der Waals surface area contributed by atoms with E-state index in [0.29, 0.717) is 55.0 Å². The fourth-order valence-corrected chi connectivity index (χ4v) is 4.06. The van der Waals surface area contributed by atoms with Crippen molar-refractivity contribution < 1.29 is 29.0 Å². The second-order valence-electron chi connectivity index (χ2n) is 10.3. The molecule has 0 aromatic carbocycles. The molecule has 1 atom stereocenters. The smallest absolute Gasteiger partial charge is 0.270 e. The van der Waals surface area contributed by atoms with Gasteiger partial charge in [0.25, 0.3) is 5.78 Å². The Bertz CT molecular complexity index is 1130. The van der Waals surface area contributed by atoms with E-state index in [0.717, 1.165) is 18.9 Å². The van der Waals surface area contributed by atoms with Crippen LogP contribution in [0.3, 0.4) is 0 Å². The fraction of sp³-hybridized carbons (Fsp3) is 0.560. The van der Waals surface area contributed by atoms with E-state index in [4.69, 9.17) is 33.6 Å². The van der Waals surface area contributed by atoms with Gasteiger partial charge in [-0.15, -0.1) is 0 Å². The number of carbonyl (C=O) groups is 2. The molecule has 1 aromatic rings. The van der Waals surface area contributed by atoms with Gasteiger partial charge in [-0.1, -0.05) is 27.7 Å². The standard InChI is InChI=1S/C25H36N4O7S2/c1-24(2,18-12-15(30)16(31)13-35-18)6-10-28-22(37)26-8-5-9-27-23(38)29-11-7-25(3,4)21-20(34)19(33)17(32)14-36-21/h12-14,21,31-32H,5-11H2,1-4H3,(H2,26,28,37)(H2,27,29,38). The summed E-state index contributed by atoms with van der Waals surface area (Å²) in [7, 11) is 0. The van der Waals surface area contributed by atoms with Crippen LogP contribution in [-0.2, 0) is 19.7 Å². The van der Waals surface area contributed by atoms with Crippen molar-refractivity contribution in [3.05, 3.63) is 40.3 Å².